The van der Waals surface area contributed by atoms with Gasteiger partial charge in [-0.15, -0.1) is 35.3 Å². The molecule has 1 heterocycles. The molecule has 2 aromatic rings. The van der Waals surface area contributed by atoms with Gasteiger partial charge in [0.25, 0.3) is 5.91 Å². The first kappa shape index (κ1) is 22.4. The van der Waals surface area contributed by atoms with Gasteiger partial charge < -0.3 is 15.5 Å². The van der Waals surface area contributed by atoms with Crippen molar-refractivity contribution in [3.8, 4) is 0 Å². The molecule has 0 aliphatic rings. The summed E-state index contributed by atoms with van der Waals surface area (Å²) in [5, 5.41) is 8.79. The van der Waals surface area contributed by atoms with E-state index in [0.29, 0.717) is 0 Å². The van der Waals surface area contributed by atoms with E-state index < -0.39 is 0 Å². The molecule has 1 atom stereocenters. The summed E-state index contributed by atoms with van der Waals surface area (Å²) in [5.74, 6) is 0.804. The van der Waals surface area contributed by atoms with Crippen LogP contribution in [0, 0.1) is 0 Å². The zero-order valence-corrected chi connectivity index (χ0v) is 18.8. The van der Waals surface area contributed by atoms with E-state index in [9.17, 15) is 4.79 Å². The maximum absolute atomic E-state index is 12.0. The van der Waals surface area contributed by atoms with Crippen LogP contribution in [0.5, 0.6) is 0 Å². The molecule has 26 heavy (non-hydrogen) atoms. The molecule has 0 aliphatic heterocycles. The van der Waals surface area contributed by atoms with E-state index in [1.54, 1.807) is 37.4 Å². The molecule has 5 nitrogen and oxygen atoms in total. The van der Waals surface area contributed by atoms with E-state index in [2.05, 4.69) is 40.1 Å². The monoisotopic (exact) mass is 486 g/mol. The van der Waals surface area contributed by atoms with Gasteiger partial charge in [0.1, 0.15) is 0 Å². The Hall–Kier alpha value is -1.61. The number of nitrogens with one attached hydrogen (secondary N) is 2. The van der Waals surface area contributed by atoms with Crippen molar-refractivity contribution in [3.63, 3.8) is 0 Å². The maximum atomic E-state index is 12.0. The molecular formula is C19H27IN4OS. The predicted octanol–water partition coefficient (Wildman–Crippen LogP) is 3.54. The molecule has 0 radical (unpaired) electrons. The molecule has 1 aromatic carbocycles. The number of hydrogen-bond acceptors (Lipinski definition) is 3. The van der Waals surface area contributed by atoms with Crippen molar-refractivity contribution >= 4 is 47.2 Å². The molecule has 0 saturated heterocycles. The third-order valence-electron chi connectivity index (χ3n) is 3.83. The van der Waals surface area contributed by atoms with Crippen LogP contribution in [-0.4, -0.2) is 44.5 Å². The van der Waals surface area contributed by atoms with E-state index in [1.165, 1.54) is 4.88 Å². The Bertz CT molecular complexity index is 716. The highest BCUT2D eigenvalue weighted by atomic mass is 127. The summed E-state index contributed by atoms with van der Waals surface area (Å²) < 4.78 is 0. The van der Waals surface area contributed by atoms with Crippen molar-refractivity contribution in [2.45, 2.75) is 19.4 Å². The Morgan fingerprint density at radius 2 is 2.04 bits per heavy atom. The van der Waals surface area contributed by atoms with Crippen LogP contribution >= 0.6 is 35.3 Å². The van der Waals surface area contributed by atoms with E-state index in [1.807, 2.05) is 24.3 Å². The zero-order chi connectivity index (χ0) is 18.2. The number of hydrogen-bond donors (Lipinski definition) is 2. The van der Waals surface area contributed by atoms with Crippen molar-refractivity contribution in [2.75, 3.05) is 27.7 Å². The number of nitrogens with zero attached hydrogens (tertiary/aromatic N) is 2. The summed E-state index contributed by atoms with van der Waals surface area (Å²) in [6, 6.07) is 12.2. The molecule has 1 amide bonds. The van der Waals surface area contributed by atoms with Gasteiger partial charge in [-0.2, -0.15) is 0 Å². The molecule has 0 fully saturated rings. The van der Waals surface area contributed by atoms with Crippen molar-refractivity contribution in [1.82, 2.24) is 15.5 Å². The third kappa shape index (κ3) is 6.60. The van der Waals surface area contributed by atoms with Gasteiger partial charge >= 0.3 is 0 Å². The quantitative estimate of drug-likeness (QED) is 0.373. The average Bonchev–Trinajstić information content (AvgIpc) is 3.15. The van der Waals surface area contributed by atoms with Crippen molar-refractivity contribution in [3.05, 3.63) is 57.8 Å². The Morgan fingerprint density at radius 1 is 1.27 bits per heavy atom. The topological polar surface area (TPSA) is 56.7 Å². The lowest BCUT2D eigenvalue weighted by atomic mass is 10.1. The molecule has 7 heteroatoms. The second-order valence-corrected chi connectivity index (χ2v) is 7.01. The van der Waals surface area contributed by atoms with Crippen LogP contribution in [0.3, 0.4) is 0 Å². The molecule has 142 valence electrons. The third-order valence-corrected chi connectivity index (χ3v) is 4.89. The average molecular weight is 486 g/mol. The lowest BCUT2D eigenvalue weighted by Crippen LogP contribution is -2.39. The van der Waals surface area contributed by atoms with Gasteiger partial charge in [-0.1, -0.05) is 18.2 Å². The first-order valence-electron chi connectivity index (χ1n) is 8.32. The molecule has 1 aromatic heterocycles. The van der Waals surface area contributed by atoms with Gasteiger partial charge in [0.15, 0.2) is 5.96 Å². The highest BCUT2D eigenvalue weighted by Gasteiger charge is 2.10. The number of amides is 1. The van der Waals surface area contributed by atoms with Crippen LogP contribution in [0.4, 0.5) is 0 Å². The first-order chi connectivity index (χ1) is 12.0. The summed E-state index contributed by atoms with van der Waals surface area (Å²) >= 11 is 1.73. The van der Waals surface area contributed by atoms with Crippen LogP contribution in [-0.2, 0) is 6.42 Å². The summed E-state index contributed by atoms with van der Waals surface area (Å²) in [6.07, 6.45) is 0.822. The zero-order valence-electron chi connectivity index (χ0n) is 15.7. The number of carbonyl (C=O) groups is 1. The number of benzene rings is 1. The van der Waals surface area contributed by atoms with Gasteiger partial charge in [0.2, 0.25) is 0 Å². The van der Waals surface area contributed by atoms with Crippen molar-refractivity contribution in [2.24, 2.45) is 4.99 Å². The molecular weight excluding hydrogens is 459 g/mol. The number of carbonyl (C=O) groups excluding carboxylic acids is 1. The fourth-order valence-electron chi connectivity index (χ4n) is 2.45. The lowest BCUT2D eigenvalue weighted by molar-refractivity contribution is 0.0827. The summed E-state index contributed by atoms with van der Waals surface area (Å²) in [5.41, 5.74) is 1.85. The highest BCUT2D eigenvalue weighted by molar-refractivity contribution is 14.0. The fraction of sp³-hybridized carbons (Fsp3) is 0.368. The highest BCUT2D eigenvalue weighted by Crippen LogP contribution is 2.17. The van der Waals surface area contributed by atoms with Crippen LogP contribution in [0.25, 0.3) is 0 Å². The van der Waals surface area contributed by atoms with Crippen LogP contribution in [0.2, 0.25) is 0 Å². The Morgan fingerprint density at radius 3 is 2.65 bits per heavy atom. The second-order valence-electron chi connectivity index (χ2n) is 6.03. The standard InChI is InChI=1S/C19H26N4OS.HI/c1-14(17-9-6-12-25-17)22-19(20-2)21-11-10-15-7-5-8-16(13-15)18(24)23(3)4;/h5-9,12-14H,10-11H2,1-4H3,(H2,20,21,22);1H. The van der Waals surface area contributed by atoms with Crippen LogP contribution < -0.4 is 10.6 Å². The lowest BCUT2D eigenvalue weighted by Gasteiger charge is -2.17. The Balaban J connectivity index is 0.00000338. The fourth-order valence-corrected chi connectivity index (χ4v) is 3.19. The normalized spacial score (nSPS) is 12.1. The second kappa shape index (κ2) is 11.2. The number of guanidine groups is 1. The molecule has 0 bridgehead atoms. The Labute approximate surface area is 176 Å². The van der Waals surface area contributed by atoms with E-state index in [4.69, 9.17) is 0 Å². The summed E-state index contributed by atoms with van der Waals surface area (Å²) in [4.78, 5) is 19.2. The molecule has 0 aliphatic carbocycles. The smallest absolute Gasteiger partial charge is 0.253 e. The van der Waals surface area contributed by atoms with Gasteiger partial charge in [-0.05, 0) is 42.5 Å². The number of halogens is 1. The predicted molar refractivity (Wildman–Crippen MR) is 121 cm³/mol. The molecule has 1 unspecified atom stereocenters. The van der Waals surface area contributed by atoms with Crippen molar-refractivity contribution in [1.29, 1.82) is 0 Å². The SMILES string of the molecule is CN=C(NCCc1cccc(C(=O)N(C)C)c1)NC(C)c1cccs1.I. The maximum Gasteiger partial charge on any atom is 0.253 e. The van der Waals surface area contributed by atoms with Gasteiger partial charge in [0.05, 0.1) is 6.04 Å². The number of rotatable bonds is 6. The van der Waals surface area contributed by atoms with Crippen LogP contribution in [0.15, 0.2) is 46.8 Å². The molecule has 2 N–H and O–H groups in total. The minimum absolute atomic E-state index is 0. The van der Waals surface area contributed by atoms with Gasteiger partial charge in [-0.25, -0.2) is 0 Å². The summed E-state index contributed by atoms with van der Waals surface area (Å²) in [6.45, 7) is 2.87. The van der Waals surface area contributed by atoms with Gasteiger partial charge in [-0.3, -0.25) is 9.79 Å². The number of aliphatic imine (C=N–C) groups is 1. The summed E-state index contributed by atoms with van der Waals surface area (Å²) in [7, 11) is 5.30. The molecule has 0 spiro atoms. The number of thiophene rings is 1. The van der Waals surface area contributed by atoms with E-state index in [-0.39, 0.29) is 35.9 Å². The molecule has 2 rings (SSSR count). The first-order valence-corrected chi connectivity index (χ1v) is 9.20. The minimum atomic E-state index is 0. The van der Waals surface area contributed by atoms with Crippen LogP contribution in [0.1, 0.15) is 33.8 Å². The minimum Gasteiger partial charge on any atom is -0.356 e. The molecule has 0 saturated carbocycles. The largest absolute Gasteiger partial charge is 0.356 e. The Kier molecular flexibility index (Phi) is 9.64. The van der Waals surface area contributed by atoms with E-state index >= 15 is 0 Å². The van der Waals surface area contributed by atoms with Crippen molar-refractivity contribution < 1.29 is 4.79 Å². The van der Waals surface area contributed by atoms with Gasteiger partial charge in [0, 0.05) is 38.1 Å². The van der Waals surface area contributed by atoms with E-state index in [0.717, 1.165) is 30.1 Å².